The van der Waals surface area contributed by atoms with E-state index in [4.69, 9.17) is 0 Å². The zero-order chi connectivity index (χ0) is 10.3. The summed E-state index contributed by atoms with van der Waals surface area (Å²) in [5.41, 5.74) is 6.03. The molecule has 74 valence electrons. The zero-order valence-electron chi connectivity index (χ0n) is 9.09. The molecule has 0 saturated carbocycles. The lowest BCUT2D eigenvalue weighted by atomic mass is 9.84. The van der Waals surface area contributed by atoms with Crippen LogP contribution >= 0.6 is 11.3 Å². The van der Waals surface area contributed by atoms with Gasteiger partial charge in [-0.15, -0.1) is 11.3 Å². The van der Waals surface area contributed by atoms with Crippen molar-refractivity contribution in [3.05, 3.63) is 28.8 Å². The molecule has 2 rings (SSSR count). The number of fused-ring (bicyclic) bond motifs is 1. The van der Waals surface area contributed by atoms with Gasteiger partial charge in [-0.05, 0) is 35.6 Å². The molecule has 1 nitrogen and oxygen atoms in total. The summed E-state index contributed by atoms with van der Waals surface area (Å²) in [5, 5.41) is 0. The Morgan fingerprint density at radius 2 is 1.93 bits per heavy atom. The molecule has 0 amide bonds. The van der Waals surface area contributed by atoms with E-state index in [1.54, 1.807) is 11.3 Å². The average Bonchev–Trinajstić information content (AvgIpc) is 2.47. The first-order chi connectivity index (χ1) is 6.48. The third-order valence-electron chi connectivity index (χ3n) is 2.49. The Morgan fingerprint density at radius 3 is 2.57 bits per heavy atom. The molecule has 0 aliphatic rings. The van der Waals surface area contributed by atoms with Crippen molar-refractivity contribution in [2.45, 2.75) is 33.1 Å². The first-order valence-electron chi connectivity index (χ1n) is 4.83. The molecule has 0 atom stereocenters. The predicted octanol–water partition coefficient (Wildman–Crippen LogP) is 3.90. The van der Waals surface area contributed by atoms with Crippen molar-refractivity contribution in [3.8, 4) is 0 Å². The zero-order valence-corrected chi connectivity index (χ0v) is 9.90. The van der Waals surface area contributed by atoms with Gasteiger partial charge in [-0.1, -0.05) is 20.8 Å². The Hall–Kier alpha value is -0.890. The maximum absolute atomic E-state index is 4.32. The molecule has 0 saturated heterocycles. The monoisotopic (exact) mass is 205 g/mol. The number of benzene rings is 1. The van der Waals surface area contributed by atoms with Crippen LogP contribution < -0.4 is 0 Å². The van der Waals surface area contributed by atoms with Crippen molar-refractivity contribution < 1.29 is 0 Å². The average molecular weight is 205 g/mol. The molecule has 1 aromatic carbocycles. The van der Waals surface area contributed by atoms with Crippen LogP contribution in [0.15, 0.2) is 17.6 Å². The first-order valence-corrected chi connectivity index (χ1v) is 5.71. The number of hydrogen-bond acceptors (Lipinski definition) is 2. The highest BCUT2D eigenvalue weighted by molar-refractivity contribution is 7.16. The van der Waals surface area contributed by atoms with E-state index in [-0.39, 0.29) is 5.41 Å². The van der Waals surface area contributed by atoms with Crippen molar-refractivity contribution >= 4 is 21.6 Å². The van der Waals surface area contributed by atoms with Crippen LogP contribution in [0.3, 0.4) is 0 Å². The maximum atomic E-state index is 4.32. The van der Waals surface area contributed by atoms with Crippen LogP contribution in [0, 0.1) is 6.92 Å². The number of nitrogens with zero attached hydrogens (tertiary/aromatic N) is 1. The Morgan fingerprint density at radius 1 is 1.21 bits per heavy atom. The Kier molecular flexibility index (Phi) is 2.11. The van der Waals surface area contributed by atoms with Gasteiger partial charge in [0.2, 0.25) is 0 Å². The van der Waals surface area contributed by atoms with Crippen LogP contribution in [0.1, 0.15) is 31.9 Å². The molecule has 0 aliphatic carbocycles. The highest BCUT2D eigenvalue weighted by Gasteiger charge is 2.17. The van der Waals surface area contributed by atoms with Crippen LogP contribution in [0.4, 0.5) is 0 Å². The minimum atomic E-state index is 0.224. The van der Waals surface area contributed by atoms with Gasteiger partial charge in [-0.3, -0.25) is 0 Å². The molecule has 1 aromatic heterocycles. The highest BCUT2D eigenvalue weighted by atomic mass is 32.1. The van der Waals surface area contributed by atoms with E-state index in [1.165, 1.54) is 15.8 Å². The van der Waals surface area contributed by atoms with E-state index >= 15 is 0 Å². The summed E-state index contributed by atoms with van der Waals surface area (Å²) >= 11 is 1.72. The molecule has 1 heterocycles. The minimum Gasteiger partial charge on any atom is -0.245 e. The van der Waals surface area contributed by atoms with Gasteiger partial charge in [0.25, 0.3) is 0 Å². The third-order valence-corrected chi connectivity index (χ3v) is 3.28. The van der Waals surface area contributed by atoms with Gasteiger partial charge >= 0.3 is 0 Å². The second kappa shape index (κ2) is 3.06. The molecule has 0 radical (unpaired) electrons. The van der Waals surface area contributed by atoms with Crippen molar-refractivity contribution in [2.75, 3.05) is 0 Å². The summed E-state index contributed by atoms with van der Waals surface area (Å²) in [5.74, 6) is 0. The van der Waals surface area contributed by atoms with E-state index in [1.807, 2.05) is 5.51 Å². The van der Waals surface area contributed by atoms with Gasteiger partial charge in [0, 0.05) is 0 Å². The summed E-state index contributed by atoms with van der Waals surface area (Å²) in [6, 6.07) is 4.47. The highest BCUT2D eigenvalue weighted by Crippen LogP contribution is 2.30. The van der Waals surface area contributed by atoms with Crippen molar-refractivity contribution in [1.82, 2.24) is 4.98 Å². The van der Waals surface area contributed by atoms with Gasteiger partial charge in [-0.25, -0.2) is 4.98 Å². The fraction of sp³-hybridized carbons (Fsp3) is 0.417. The molecule has 2 aromatic rings. The lowest BCUT2D eigenvalue weighted by Gasteiger charge is -2.21. The fourth-order valence-corrected chi connectivity index (χ4v) is 2.51. The van der Waals surface area contributed by atoms with Gasteiger partial charge < -0.3 is 0 Å². The lowest BCUT2D eigenvalue weighted by Crippen LogP contribution is -2.12. The molecule has 0 bridgehead atoms. The third kappa shape index (κ3) is 1.55. The maximum Gasteiger partial charge on any atom is 0.0814 e. The number of rotatable bonds is 0. The second-order valence-corrected chi connectivity index (χ2v) is 5.62. The van der Waals surface area contributed by atoms with Crippen LogP contribution in [0.25, 0.3) is 10.2 Å². The molecular formula is C12H15NS. The summed E-state index contributed by atoms with van der Waals surface area (Å²) in [6.07, 6.45) is 0. The summed E-state index contributed by atoms with van der Waals surface area (Å²) in [6.45, 7) is 8.92. The van der Waals surface area contributed by atoms with Crippen molar-refractivity contribution in [3.63, 3.8) is 0 Å². The SMILES string of the molecule is Cc1cc2ncsc2cc1C(C)(C)C. The summed E-state index contributed by atoms with van der Waals surface area (Å²) in [7, 11) is 0. The largest absolute Gasteiger partial charge is 0.245 e. The van der Waals surface area contributed by atoms with Crippen molar-refractivity contribution in [2.24, 2.45) is 0 Å². The Bertz CT molecular complexity index is 463. The summed E-state index contributed by atoms with van der Waals surface area (Å²) in [4.78, 5) is 4.32. The molecule has 14 heavy (non-hydrogen) atoms. The van der Waals surface area contributed by atoms with E-state index in [2.05, 4.69) is 44.8 Å². The second-order valence-electron chi connectivity index (χ2n) is 4.74. The molecule has 0 N–H and O–H groups in total. The lowest BCUT2D eigenvalue weighted by molar-refractivity contribution is 0.587. The molecule has 0 spiro atoms. The first kappa shape index (κ1) is 9.66. The van der Waals surface area contributed by atoms with Crippen LogP contribution in [0.2, 0.25) is 0 Å². The topological polar surface area (TPSA) is 12.9 Å². The normalized spacial score (nSPS) is 12.3. The minimum absolute atomic E-state index is 0.224. The van der Waals surface area contributed by atoms with E-state index in [9.17, 15) is 0 Å². The number of aryl methyl sites for hydroxylation is 1. The molecule has 2 heteroatoms. The van der Waals surface area contributed by atoms with Gasteiger partial charge in [0.1, 0.15) is 0 Å². The number of thiazole rings is 1. The summed E-state index contributed by atoms with van der Waals surface area (Å²) < 4.78 is 1.29. The fourth-order valence-electron chi connectivity index (χ4n) is 1.82. The van der Waals surface area contributed by atoms with Gasteiger partial charge in [0.05, 0.1) is 15.7 Å². The quantitative estimate of drug-likeness (QED) is 0.635. The van der Waals surface area contributed by atoms with E-state index < -0.39 is 0 Å². The van der Waals surface area contributed by atoms with Gasteiger partial charge in [0.15, 0.2) is 0 Å². The van der Waals surface area contributed by atoms with E-state index in [0.29, 0.717) is 0 Å². The van der Waals surface area contributed by atoms with Crippen LogP contribution in [0.5, 0.6) is 0 Å². The Balaban J connectivity index is 2.71. The number of aromatic nitrogens is 1. The number of hydrogen-bond donors (Lipinski definition) is 0. The molecule has 0 aliphatic heterocycles. The van der Waals surface area contributed by atoms with Crippen LogP contribution in [-0.4, -0.2) is 4.98 Å². The van der Waals surface area contributed by atoms with Gasteiger partial charge in [-0.2, -0.15) is 0 Å². The molecule has 0 fully saturated rings. The van der Waals surface area contributed by atoms with Crippen LogP contribution in [-0.2, 0) is 5.41 Å². The smallest absolute Gasteiger partial charge is 0.0814 e. The molecule has 0 unspecified atom stereocenters. The standard InChI is InChI=1S/C12H15NS/c1-8-5-10-11(14-7-13-10)6-9(8)12(2,3)4/h5-7H,1-4H3. The van der Waals surface area contributed by atoms with Crippen molar-refractivity contribution in [1.29, 1.82) is 0 Å². The Labute approximate surface area is 88.8 Å². The molecular weight excluding hydrogens is 190 g/mol. The van der Waals surface area contributed by atoms with E-state index in [0.717, 1.165) is 5.52 Å². The predicted molar refractivity (Wildman–Crippen MR) is 63.1 cm³/mol.